The third-order valence-electron chi connectivity index (χ3n) is 3.35. The van der Waals surface area contributed by atoms with Crippen molar-refractivity contribution < 1.29 is 4.79 Å². The molecule has 1 fully saturated rings. The molecule has 2 heterocycles. The quantitative estimate of drug-likeness (QED) is 0.793. The zero-order chi connectivity index (χ0) is 12.4. The second-order valence-electron chi connectivity index (χ2n) is 4.62. The van der Waals surface area contributed by atoms with Crippen LogP contribution < -0.4 is 0 Å². The van der Waals surface area contributed by atoms with Crippen molar-refractivity contribution >= 4 is 17.5 Å². The number of Topliss-reactive ketones (excluding diaryl/α,β-unsaturated/α-hetero) is 1. The topological polar surface area (TPSA) is 60.7 Å². The number of nitrogens with zero attached hydrogens (tertiary/aromatic N) is 4. The van der Waals surface area contributed by atoms with Gasteiger partial charge < -0.3 is 0 Å². The molecule has 18 heavy (non-hydrogen) atoms. The van der Waals surface area contributed by atoms with Crippen LogP contribution in [-0.2, 0) is 6.42 Å². The van der Waals surface area contributed by atoms with Crippen LogP contribution in [0.15, 0.2) is 18.5 Å². The second kappa shape index (κ2) is 4.97. The highest BCUT2D eigenvalue weighted by Gasteiger charge is 2.18. The Labute approximate surface area is 109 Å². The Morgan fingerprint density at radius 1 is 1.44 bits per heavy atom. The van der Waals surface area contributed by atoms with Gasteiger partial charge in [-0.25, -0.2) is 0 Å². The molecular formula is C12H14N4OS. The van der Waals surface area contributed by atoms with Crippen LogP contribution in [0.3, 0.4) is 0 Å². The molecule has 3 rings (SSSR count). The lowest BCUT2D eigenvalue weighted by Crippen LogP contribution is -2.08. The number of hydrogen-bond acceptors (Lipinski definition) is 5. The summed E-state index contributed by atoms with van der Waals surface area (Å²) in [6, 6.07) is 2.45. The largest absolute Gasteiger partial charge is 0.292 e. The van der Waals surface area contributed by atoms with Gasteiger partial charge in [-0.2, -0.15) is 13.8 Å². The average Bonchev–Trinajstić information content (AvgIpc) is 3.12. The molecule has 0 N–H and O–H groups in total. The molecule has 0 aliphatic heterocycles. The maximum absolute atomic E-state index is 11.9. The summed E-state index contributed by atoms with van der Waals surface area (Å²) in [5.74, 6) is -0.0135. The van der Waals surface area contributed by atoms with E-state index in [1.54, 1.807) is 0 Å². The molecule has 0 amide bonds. The van der Waals surface area contributed by atoms with E-state index in [2.05, 4.69) is 13.8 Å². The molecule has 0 aromatic carbocycles. The predicted octanol–water partition coefficient (Wildman–Crippen LogP) is 2.28. The van der Waals surface area contributed by atoms with Crippen molar-refractivity contribution in [2.24, 2.45) is 0 Å². The van der Waals surface area contributed by atoms with Gasteiger partial charge in [-0.05, 0) is 18.9 Å². The summed E-state index contributed by atoms with van der Waals surface area (Å²) in [6.07, 6.45) is 8.77. The summed E-state index contributed by atoms with van der Waals surface area (Å²) in [5, 5.41) is 4.49. The van der Waals surface area contributed by atoms with Crippen LogP contribution in [0.25, 0.3) is 0 Å². The normalized spacial score (nSPS) is 16.2. The number of ketones is 1. The Kier molecular flexibility index (Phi) is 3.19. The summed E-state index contributed by atoms with van der Waals surface area (Å²) in [6.45, 7) is 0. The SMILES string of the molecule is O=C(Cc1ccn(C2CCCC2)n1)c1cnsn1. The number of rotatable bonds is 4. The molecule has 1 aliphatic rings. The molecule has 1 aliphatic carbocycles. The molecule has 0 unspecified atom stereocenters. The summed E-state index contributed by atoms with van der Waals surface area (Å²) in [7, 11) is 0. The molecular weight excluding hydrogens is 248 g/mol. The molecule has 0 atom stereocenters. The first-order valence-electron chi connectivity index (χ1n) is 6.18. The molecule has 2 aromatic rings. The fraction of sp³-hybridized carbons (Fsp3) is 0.500. The van der Waals surface area contributed by atoms with Gasteiger partial charge in [-0.1, -0.05) is 12.8 Å². The fourth-order valence-corrected chi connectivity index (χ4v) is 2.82. The Morgan fingerprint density at radius 3 is 3.00 bits per heavy atom. The average molecular weight is 262 g/mol. The molecule has 0 spiro atoms. The third-order valence-corrected chi connectivity index (χ3v) is 3.83. The highest BCUT2D eigenvalue weighted by Crippen LogP contribution is 2.28. The lowest BCUT2D eigenvalue weighted by Gasteiger charge is -2.08. The maximum atomic E-state index is 11.9. The first-order valence-corrected chi connectivity index (χ1v) is 6.91. The zero-order valence-electron chi connectivity index (χ0n) is 9.95. The monoisotopic (exact) mass is 262 g/mol. The maximum Gasteiger partial charge on any atom is 0.189 e. The minimum atomic E-state index is -0.0135. The lowest BCUT2D eigenvalue weighted by molar-refractivity contribution is 0.0988. The van der Waals surface area contributed by atoms with Crippen LogP contribution in [0.1, 0.15) is 47.9 Å². The minimum Gasteiger partial charge on any atom is -0.292 e. The van der Waals surface area contributed by atoms with E-state index in [-0.39, 0.29) is 5.78 Å². The van der Waals surface area contributed by atoms with Gasteiger partial charge in [-0.3, -0.25) is 9.48 Å². The summed E-state index contributed by atoms with van der Waals surface area (Å²) in [4.78, 5) is 11.9. The summed E-state index contributed by atoms with van der Waals surface area (Å²) in [5.41, 5.74) is 1.26. The van der Waals surface area contributed by atoms with Crippen LogP contribution in [0.5, 0.6) is 0 Å². The highest BCUT2D eigenvalue weighted by molar-refractivity contribution is 6.99. The number of carbonyl (C=O) groups is 1. The van der Waals surface area contributed by atoms with Crippen LogP contribution in [-0.4, -0.2) is 24.3 Å². The first-order chi connectivity index (χ1) is 8.83. The van der Waals surface area contributed by atoms with E-state index in [0.717, 1.165) is 17.4 Å². The van der Waals surface area contributed by atoms with Crippen molar-refractivity contribution in [3.63, 3.8) is 0 Å². The summed E-state index contributed by atoms with van der Waals surface area (Å²) < 4.78 is 9.79. The van der Waals surface area contributed by atoms with E-state index in [0.29, 0.717) is 18.2 Å². The van der Waals surface area contributed by atoms with Crippen molar-refractivity contribution in [3.8, 4) is 0 Å². The second-order valence-corrected chi connectivity index (χ2v) is 5.17. The Balaban J connectivity index is 1.68. The Morgan fingerprint density at radius 2 is 2.28 bits per heavy atom. The molecule has 5 nitrogen and oxygen atoms in total. The Bertz CT molecular complexity index is 528. The number of hydrogen-bond donors (Lipinski definition) is 0. The number of aromatic nitrogens is 4. The Hall–Kier alpha value is -1.56. The molecule has 2 aromatic heterocycles. The van der Waals surface area contributed by atoms with Gasteiger partial charge in [0.05, 0.1) is 36.1 Å². The van der Waals surface area contributed by atoms with Gasteiger partial charge in [-0.15, -0.1) is 0 Å². The standard InChI is InChI=1S/C12H14N4OS/c17-12(11-8-13-18-15-11)7-9-5-6-16(14-9)10-3-1-2-4-10/h5-6,8,10H,1-4,7H2. The molecule has 0 bridgehead atoms. The molecule has 0 radical (unpaired) electrons. The van der Waals surface area contributed by atoms with Crippen LogP contribution in [0, 0.1) is 0 Å². The zero-order valence-corrected chi connectivity index (χ0v) is 10.8. The molecule has 6 heteroatoms. The van der Waals surface area contributed by atoms with Gasteiger partial charge in [0.15, 0.2) is 5.78 Å². The smallest absolute Gasteiger partial charge is 0.189 e. The fourth-order valence-electron chi connectivity index (χ4n) is 2.39. The van der Waals surface area contributed by atoms with Gasteiger partial charge >= 0.3 is 0 Å². The summed E-state index contributed by atoms with van der Waals surface area (Å²) >= 11 is 1.06. The van der Waals surface area contributed by atoms with Gasteiger partial charge in [0.1, 0.15) is 5.69 Å². The van der Waals surface area contributed by atoms with E-state index in [4.69, 9.17) is 0 Å². The van der Waals surface area contributed by atoms with Crippen molar-refractivity contribution in [2.75, 3.05) is 0 Å². The highest BCUT2D eigenvalue weighted by atomic mass is 32.1. The molecule has 1 saturated carbocycles. The van der Waals surface area contributed by atoms with Crippen molar-refractivity contribution in [3.05, 3.63) is 29.8 Å². The van der Waals surface area contributed by atoms with E-state index in [1.165, 1.54) is 31.9 Å². The van der Waals surface area contributed by atoms with Crippen LogP contribution >= 0.6 is 11.7 Å². The molecule has 0 saturated heterocycles. The predicted molar refractivity (Wildman–Crippen MR) is 67.7 cm³/mol. The van der Waals surface area contributed by atoms with Gasteiger partial charge in [0.2, 0.25) is 0 Å². The minimum absolute atomic E-state index is 0.0135. The van der Waals surface area contributed by atoms with E-state index >= 15 is 0 Å². The molecule has 94 valence electrons. The van der Waals surface area contributed by atoms with E-state index in [1.807, 2.05) is 16.9 Å². The lowest BCUT2D eigenvalue weighted by atomic mass is 10.2. The van der Waals surface area contributed by atoms with E-state index in [9.17, 15) is 4.79 Å². The van der Waals surface area contributed by atoms with Gasteiger partial charge in [0.25, 0.3) is 0 Å². The first kappa shape index (κ1) is 11.5. The number of carbonyl (C=O) groups excluding carboxylic acids is 1. The third kappa shape index (κ3) is 2.33. The van der Waals surface area contributed by atoms with Crippen molar-refractivity contribution in [1.82, 2.24) is 18.5 Å². The van der Waals surface area contributed by atoms with E-state index < -0.39 is 0 Å². The van der Waals surface area contributed by atoms with Crippen LogP contribution in [0.2, 0.25) is 0 Å². The van der Waals surface area contributed by atoms with Crippen LogP contribution in [0.4, 0.5) is 0 Å². The van der Waals surface area contributed by atoms with Gasteiger partial charge in [0, 0.05) is 6.20 Å². The van der Waals surface area contributed by atoms with Crippen molar-refractivity contribution in [2.45, 2.75) is 38.1 Å². The van der Waals surface area contributed by atoms with Crippen molar-refractivity contribution in [1.29, 1.82) is 0 Å².